The van der Waals surface area contributed by atoms with Crippen molar-refractivity contribution in [1.29, 1.82) is 0 Å². The Balaban J connectivity index is 1.24. The van der Waals surface area contributed by atoms with Gasteiger partial charge in [-0.2, -0.15) is 0 Å². The van der Waals surface area contributed by atoms with E-state index in [1.807, 2.05) is 0 Å². The van der Waals surface area contributed by atoms with E-state index in [4.69, 9.17) is 13.3 Å². The fourth-order valence-corrected chi connectivity index (χ4v) is 11.1. The van der Waals surface area contributed by atoms with Crippen LogP contribution in [0.25, 0.3) is 104 Å². The standard InChI is InChI=1S/C56H41BN2O3/c1-55(2,3)30-19-22-32(23-20-30)59-42-29-48-36(33-13-7-10-16-44(33)61-48)26-39(42)51-52-53-49(50-35-15-9-12-18-46(35)62-54(50)51)38-25-31(56(4,5)6)21-24-41(38)58(53)43-27-37-34-14-8-11-17-45(34)60-47(37)28-40(43)57(52)59/h7-29H,1-6H3. The van der Waals surface area contributed by atoms with Crippen molar-refractivity contribution >= 4 is 117 Å². The molecule has 0 fully saturated rings. The van der Waals surface area contributed by atoms with Crippen LogP contribution in [0.2, 0.25) is 0 Å². The van der Waals surface area contributed by atoms with Crippen LogP contribution in [0.3, 0.4) is 0 Å². The topological polar surface area (TPSA) is 47.6 Å². The molecule has 0 saturated heterocycles. The summed E-state index contributed by atoms with van der Waals surface area (Å²) in [5.41, 5.74) is 18.3. The quantitative estimate of drug-likeness (QED) is 0.155. The molecular formula is C56H41BN2O3. The van der Waals surface area contributed by atoms with E-state index in [1.54, 1.807) is 0 Å². The molecule has 62 heavy (non-hydrogen) atoms. The number of furan rings is 3. The summed E-state index contributed by atoms with van der Waals surface area (Å²) in [7, 11) is 0. The Labute approximate surface area is 357 Å². The van der Waals surface area contributed by atoms with E-state index in [2.05, 4.69) is 190 Å². The van der Waals surface area contributed by atoms with Gasteiger partial charge in [0.15, 0.2) is 0 Å². The Morgan fingerprint density at radius 1 is 0.468 bits per heavy atom. The fraction of sp³-hybridized carbons (Fsp3) is 0.143. The minimum Gasteiger partial charge on any atom is -0.456 e. The van der Waals surface area contributed by atoms with E-state index >= 15 is 0 Å². The first-order valence-corrected chi connectivity index (χ1v) is 21.8. The highest BCUT2D eigenvalue weighted by molar-refractivity contribution is 6.94. The second-order valence-corrected chi connectivity index (χ2v) is 19.7. The number of hydrogen-bond donors (Lipinski definition) is 0. The maximum absolute atomic E-state index is 7.25. The van der Waals surface area contributed by atoms with Gasteiger partial charge in [-0.3, -0.25) is 0 Å². The van der Waals surface area contributed by atoms with Crippen LogP contribution in [0.4, 0.5) is 11.4 Å². The van der Waals surface area contributed by atoms with Crippen LogP contribution in [0.5, 0.6) is 0 Å². The third-order valence-corrected chi connectivity index (χ3v) is 14.1. The molecule has 2 aliphatic rings. The molecule has 0 saturated carbocycles. The van der Waals surface area contributed by atoms with Gasteiger partial charge in [0.1, 0.15) is 33.5 Å². The lowest BCUT2D eigenvalue weighted by Crippen LogP contribution is -2.60. The average molecular weight is 801 g/mol. The van der Waals surface area contributed by atoms with Gasteiger partial charge >= 0.3 is 6.85 Å². The van der Waals surface area contributed by atoms with Gasteiger partial charge in [0.25, 0.3) is 0 Å². The highest BCUT2D eigenvalue weighted by Crippen LogP contribution is 2.53. The van der Waals surface area contributed by atoms with Crippen molar-refractivity contribution in [2.24, 2.45) is 0 Å². The second-order valence-electron chi connectivity index (χ2n) is 19.7. The Bertz CT molecular complexity index is 3960. The summed E-state index contributed by atoms with van der Waals surface area (Å²) in [6.07, 6.45) is 0. The van der Waals surface area contributed by atoms with Gasteiger partial charge < -0.3 is 22.6 Å². The van der Waals surface area contributed by atoms with Gasteiger partial charge in [0, 0.05) is 77.3 Å². The molecule has 0 N–H and O–H groups in total. The SMILES string of the molecule is CC(C)(C)c1ccc(N2B3c4cc5oc6ccccc6c5cc4-n4c5ccc(C(C)(C)C)cc5c5c6c(oc7ccccc76)c(c3c54)-c3cc4c(cc32)oc2ccccc24)cc1. The molecule has 12 aromatic rings. The summed E-state index contributed by atoms with van der Waals surface area (Å²) in [6, 6.07) is 51.2. The van der Waals surface area contributed by atoms with Crippen molar-refractivity contribution < 1.29 is 13.3 Å². The van der Waals surface area contributed by atoms with Gasteiger partial charge in [-0.05, 0) is 93.5 Å². The van der Waals surface area contributed by atoms with E-state index in [0.29, 0.717) is 0 Å². The summed E-state index contributed by atoms with van der Waals surface area (Å²) < 4.78 is 23.3. The van der Waals surface area contributed by atoms with E-state index in [0.717, 1.165) is 94.0 Å². The normalized spacial score (nSPS) is 13.9. The largest absolute Gasteiger partial charge is 0.456 e. The van der Waals surface area contributed by atoms with Crippen molar-refractivity contribution in [3.05, 3.63) is 151 Å². The maximum Gasteiger partial charge on any atom is 0.333 e. The van der Waals surface area contributed by atoms with E-state index in [1.165, 1.54) is 43.9 Å². The first kappa shape index (κ1) is 34.5. The lowest BCUT2D eigenvalue weighted by Gasteiger charge is -2.42. The van der Waals surface area contributed by atoms with Crippen molar-refractivity contribution in [3.63, 3.8) is 0 Å². The Morgan fingerprint density at radius 2 is 1.06 bits per heavy atom. The number of rotatable bonds is 1. The third-order valence-electron chi connectivity index (χ3n) is 14.1. The lowest BCUT2D eigenvalue weighted by atomic mass is 9.43. The molecular weight excluding hydrogens is 759 g/mol. The molecule has 0 radical (unpaired) electrons. The Morgan fingerprint density at radius 3 is 1.74 bits per heavy atom. The van der Waals surface area contributed by atoms with Crippen molar-refractivity contribution in [3.8, 4) is 16.8 Å². The van der Waals surface area contributed by atoms with Gasteiger partial charge in [0.05, 0.1) is 11.0 Å². The van der Waals surface area contributed by atoms with E-state index in [9.17, 15) is 0 Å². The smallest absolute Gasteiger partial charge is 0.333 e. The van der Waals surface area contributed by atoms with Crippen molar-refractivity contribution in [2.75, 3.05) is 4.81 Å². The number of nitrogens with zero attached hydrogens (tertiary/aromatic N) is 2. The number of hydrogen-bond acceptors (Lipinski definition) is 4. The van der Waals surface area contributed by atoms with Gasteiger partial charge in [-0.1, -0.05) is 114 Å². The minimum atomic E-state index is -0.244. The highest BCUT2D eigenvalue weighted by atomic mass is 16.3. The molecule has 2 aliphatic heterocycles. The fourth-order valence-electron chi connectivity index (χ4n) is 11.1. The molecule has 0 aliphatic carbocycles. The number of fused-ring (bicyclic) bond motifs is 19. The molecule has 296 valence electrons. The Kier molecular flexibility index (Phi) is 6.34. The first-order valence-electron chi connectivity index (χ1n) is 21.8. The molecule has 8 aromatic carbocycles. The molecule has 0 atom stereocenters. The zero-order chi connectivity index (χ0) is 41.6. The molecule has 6 heterocycles. The monoisotopic (exact) mass is 800 g/mol. The molecule has 0 amide bonds. The van der Waals surface area contributed by atoms with Gasteiger partial charge in [-0.25, -0.2) is 0 Å². The predicted octanol–water partition coefficient (Wildman–Crippen LogP) is 14.3. The summed E-state index contributed by atoms with van der Waals surface area (Å²) in [6.45, 7) is 13.5. The van der Waals surface area contributed by atoms with Crippen molar-refractivity contribution in [2.45, 2.75) is 52.4 Å². The number of para-hydroxylation sites is 3. The average Bonchev–Trinajstić information content (AvgIpc) is 4.02. The number of anilines is 2. The van der Waals surface area contributed by atoms with Gasteiger partial charge in [-0.15, -0.1) is 0 Å². The van der Waals surface area contributed by atoms with Crippen LogP contribution in [0.15, 0.2) is 153 Å². The summed E-state index contributed by atoms with van der Waals surface area (Å²) in [5, 5.41) is 9.18. The molecule has 4 aromatic heterocycles. The summed E-state index contributed by atoms with van der Waals surface area (Å²) in [5.74, 6) is 0. The van der Waals surface area contributed by atoms with Crippen LogP contribution in [-0.2, 0) is 10.8 Å². The van der Waals surface area contributed by atoms with Crippen LogP contribution in [0, 0.1) is 0 Å². The zero-order valence-electron chi connectivity index (χ0n) is 35.5. The molecule has 6 heteroatoms. The van der Waals surface area contributed by atoms with Crippen LogP contribution in [0.1, 0.15) is 52.7 Å². The number of benzene rings is 8. The van der Waals surface area contributed by atoms with E-state index in [-0.39, 0.29) is 17.7 Å². The van der Waals surface area contributed by atoms with Crippen LogP contribution in [-0.4, -0.2) is 11.4 Å². The molecule has 0 spiro atoms. The maximum atomic E-state index is 7.25. The zero-order valence-corrected chi connectivity index (χ0v) is 35.5. The van der Waals surface area contributed by atoms with Gasteiger partial charge in [0.2, 0.25) is 0 Å². The molecule has 5 nitrogen and oxygen atoms in total. The molecule has 0 unspecified atom stereocenters. The minimum absolute atomic E-state index is 0.00161. The second kappa shape index (κ2) is 11.4. The predicted molar refractivity (Wildman–Crippen MR) is 259 cm³/mol. The first-order chi connectivity index (χ1) is 30.0. The molecule has 14 rings (SSSR count). The number of aromatic nitrogens is 1. The molecule has 0 bridgehead atoms. The third kappa shape index (κ3) is 4.34. The van der Waals surface area contributed by atoms with Crippen LogP contribution < -0.4 is 15.7 Å². The lowest BCUT2D eigenvalue weighted by molar-refractivity contribution is 0.590. The summed E-state index contributed by atoms with van der Waals surface area (Å²) in [4.78, 5) is 2.57. The Hall–Kier alpha value is -7.18. The highest BCUT2D eigenvalue weighted by Gasteiger charge is 2.47. The van der Waals surface area contributed by atoms with Crippen molar-refractivity contribution in [1.82, 2.24) is 4.57 Å². The summed E-state index contributed by atoms with van der Waals surface area (Å²) >= 11 is 0. The van der Waals surface area contributed by atoms with E-state index < -0.39 is 0 Å². The van der Waals surface area contributed by atoms with Crippen LogP contribution >= 0.6 is 0 Å².